The van der Waals surface area contributed by atoms with Gasteiger partial charge in [0.25, 0.3) is 5.91 Å². The van der Waals surface area contributed by atoms with Gasteiger partial charge in [-0.15, -0.1) is 11.3 Å². The Labute approximate surface area is 158 Å². The first kappa shape index (κ1) is 18.4. The molecule has 0 aliphatic rings. The Bertz CT molecular complexity index is 943. The normalized spacial score (nSPS) is 10.3. The molecule has 0 radical (unpaired) electrons. The number of esters is 2. The van der Waals surface area contributed by atoms with E-state index in [1.807, 2.05) is 5.38 Å². The molecule has 27 heavy (non-hydrogen) atoms. The third-order valence-corrected chi connectivity index (χ3v) is 4.39. The second-order valence-electron chi connectivity index (χ2n) is 5.34. The lowest BCUT2D eigenvalue weighted by atomic mass is 10.2. The van der Waals surface area contributed by atoms with Crippen LogP contribution in [0.2, 0.25) is 0 Å². The predicted molar refractivity (Wildman–Crippen MR) is 97.9 cm³/mol. The number of carbonyl (C=O) groups is 3. The van der Waals surface area contributed by atoms with Gasteiger partial charge in [-0.3, -0.25) is 4.79 Å². The second kappa shape index (κ2) is 8.33. The lowest BCUT2D eigenvalue weighted by Crippen LogP contribution is -2.10. The van der Waals surface area contributed by atoms with Crippen LogP contribution in [-0.2, 0) is 16.1 Å². The van der Waals surface area contributed by atoms with E-state index in [-0.39, 0.29) is 18.3 Å². The summed E-state index contributed by atoms with van der Waals surface area (Å²) in [5.74, 6) is -1.01. The Morgan fingerprint density at radius 3 is 2.48 bits per heavy atom. The number of hydrogen-bond donors (Lipinski definition) is 1. The Hall–Kier alpha value is -3.39. The first-order chi connectivity index (χ1) is 13.1. The van der Waals surface area contributed by atoms with Crippen LogP contribution in [0, 0.1) is 0 Å². The topological polar surface area (TPSA) is 94.8 Å². The van der Waals surface area contributed by atoms with Gasteiger partial charge in [0.2, 0.25) is 5.76 Å². The molecule has 0 atom stereocenters. The van der Waals surface area contributed by atoms with Gasteiger partial charge >= 0.3 is 11.9 Å². The van der Waals surface area contributed by atoms with Crippen molar-refractivity contribution in [3.8, 4) is 0 Å². The van der Waals surface area contributed by atoms with E-state index in [0.717, 1.165) is 0 Å². The van der Waals surface area contributed by atoms with Gasteiger partial charge in [0.1, 0.15) is 12.4 Å². The minimum absolute atomic E-state index is 0.0365. The van der Waals surface area contributed by atoms with E-state index in [9.17, 15) is 14.4 Å². The van der Waals surface area contributed by atoms with Crippen molar-refractivity contribution in [3.63, 3.8) is 0 Å². The molecule has 2 aromatic heterocycles. The molecule has 0 bridgehead atoms. The van der Waals surface area contributed by atoms with E-state index in [4.69, 9.17) is 9.15 Å². The van der Waals surface area contributed by atoms with Crippen LogP contribution in [0.1, 0.15) is 36.3 Å². The maximum absolute atomic E-state index is 12.1. The van der Waals surface area contributed by atoms with Crippen LogP contribution in [0.15, 0.2) is 58.3 Å². The Balaban J connectivity index is 1.55. The first-order valence-electron chi connectivity index (χ1n) is 7.86. The molecule has 2 heterocycles. The van der Waals surface area contributed by atoms with Gasteiger partial charge in [0.15, 0.2) is 0 Å². The second-order valence-corrected chi connectivity index (χ2v) is 6.29. The average Bonchev–Trinajstić information content (AvgIpc) is 3.38. The standard InChI is InChI=1S/C19H15NO6S/c1-24-19(23)15-9-8-14(26-15)11-25-18(22)12-4-6-13(7-5-12)20-17(21)16-3-2-10-27-16/h2-10H,11H2,1H3,(H,20,21). The highest BCUT2D eigenvalue weighted by Gasteiger charge is 2.14. The van der Waals surface area contributed by atoms with Crippen molar-refractivity contribution in [2.75, 3.05) is 12.4 Å². The van der Waals surface area contributed by atoms with Crippen LogP contribution < -0.4 is 5.32 Å². The third kappa shape index (κ3) is 4.62. The van der Waals surface area contributed by atoms with Gasteiger partial charge in [-0.25, -0.2) is 9.59 Å². The summed E-state index contributed by atoms with van der Waals surface area (Å²) in [6, 6.07) is 12.8. The smallest absolute Gasteiger partial charge is 0.373 e. The Morgan fingerprint density at radius 2 is 1.81 bits per heavy atom. The van der Waals surface area contributed by atoms with Crippen LogP contribution >= 0.6 is 11.3 Å². The van der Waals surface area contributed by atoms with Gasteiger partial charge in [-0.05, 0) is 47.8 Å². The van der Waals surface area contributed by atoms with Gasteiger partial charge in [0.05, 0.1) is 17.6 Å². The molecule has 0 fully saturated rings. The van der Waals surface area contributed by atoms with Crippen LogP contribution in [0.25, 0.3) is 0 Å². The summed E-state index contributed by atoms with van der Waals surface area (Å²) in [5.41, 5.74) is 0.891. The number of ether oxygens (including phenoxy) is 2. The molecule has 3 rings (SSSR count). The number of thiophene rings is 1. The van der Waals surface area contributed by atoms with E-state index in [0.29, 0.717) is 21.9 Å². The molecule has 0 saturated carbocycles. The van der Waals surface area contributed by atoms with Crippen LogP contribution in [-0.4, -0.2) is 25.0 Å². The largest absolute Gasteiger partial charge is 0.463 e. The van der Waals surface area contributed by atoms with E-state index >= 15 is 0 Å². The molecular weight excluding hydrogens is 370 g/mol. The highest BCUT2D eigenvalue weighted by atomic mass is 32.1. The monoisotopic (exact) mass is 385 g/mol. The maximum atomic E-state index is 12.1. The summed E-state index contributed by atoms with van der Waals surface area (Å²) in [4.78, 5) is 36.0. The molecule has 7 nitrogen and oxygen atoms in total. The summed E-state index contributed by atoms with van der Waals surface area (Å²) in [6.07, 6.45) is 0. The third-order valence-electron chi connectivity index (χ3n) is 3.52. The fourth-order valence-corrected chi connectivity index (χ4v) is 2.79. The molecular formula is C19H15NO6S. The molecule has 8 heteroatoms. The quantitative estimate of drug-likeness (QED) is 0.650. The fraction of sp³-hybridized carbons (Fsp3) is 0.105. The van der Waals surface area contributed by atoms with Crippen molar-refractivity contribution in [2.45, 2.75) is 6.61 Å². The van der Waals surface area contributed by atoms with Gasteiger partial charge in [-0.1, -0.05) is 6.07 Å². The fourth-order valence-electron chi connectivity index (χ4n) is 2.18. The summed E-state index contributed by atoms with van der Waals surface area (Å²) >= 11 is 1.34. The van der Waals surface area contributed by atoms with Gasteiger partial charge in [-0.2, -0.15) is 0 Å². The van der Waals surface area contributed by atoms with Gasteiger partial charge < -0.3 is 19.2 Å². The van der Waals surface area contributed by atoms with E-state index < -0.39 is 11.9 Å². The Kier molecular flexibility index (Phi) is 5.68. The van der Waals surface area contributed by atoms with Crippen molar-refractivity contribution >= 4 is 34.9 Å². The zero-order chi connectivity index (χ0) is 19.2. The molecule has 0 spiro atoms. The number of nitrogens with one attached hydrogen (secondary N) is 1. The summed E-state index contributed by atoms with van der Waals surface area (Å²) in [7, 11) is 1.25. The minimum Gasteiger partial charge on any atom is -0.463 e. The van der Waals surface area contributed by atoms with Crippen LogP contribution in [0.3, 0.4) is 0 Å². The Morgan fingerprint density at radius 1 is 1.04 bits per heavy atom. The van der Waals surface area contributed by atoms with Crippen LogP contribution in [0.4, 0.5) is 5.69 Å². The first-order valence-corrected chi connectivity index (χ1v) is 8.74. The molecule has 1 amide bonds. The highest BCUT2D eigenvalue weighted by Crippen LogP contribution is 2.16. The summed E-state index contributed by atoms with van der Waals surface area (Å²) in [5, 5.41) is 4.57. The maximum Gasteiger partial charge on any atom is 0.373 e. The molecule has 0 aliphatic carbocycles. The summed E-state index contributed by atoms with van der Waals surface area (Å²) in [6.45, 7) is -0.118. The number of amides is 1. The van der Waals surface area contributed by atoms with Crippen molar-refractivity contribution in [3.05, 3.63) is 75.9 Å². The van der Waals surface area contributed by atoms with Crippen molar-refractivity contribution in [1.82, 2.24) is 0 Å². The number of carbonyl (C=O) groups excluding carboxylic acids is 3. The predicted octanol–water partition coefficient (Wildman–Crippen LogP) is 3.74. The van der Waals surface area contributed by atoms with E-state index in [1.54, 1.807) is 36.4 Å². The number of hydrogen-bond acceptors (Lipinski definition) is 7. The zero-order valence-electron chi connectivity index (χ0n) is 14.3. The molecule has 0 saturated heterocycles. The van der Waals surface area contributed by atoms with Crippen molar-refractivity contribution in [1.29, 1.82) is 0 Å². The van der Waals surface area contributed by atoms with E-state index in [2.05, 4.69) is 10.1 Å². The minimum atomic E-state index is -0.604. The highest BCUT2D eigenvalue weighted by molar-refractivity contribution is 7.12. The summed E-state index contributed by atoms with van der Waals surface area (Å²) < 4.78 is 14.9. The molecule has 1 N–H and O–H groups in total. The molecule has 1 aromatic carbocycles. The number of methoxy groups -OCH3 is 1. The molecule has 0 aliphatic heterocycles. The molecule has 138 valence electrons. The number of benzene rings is 1. The van der Waals surface area contributed by atoms with E-state index in [1.165, 1.54) is 30.6 Å². The number of rotatable bonds is 6. The number of anilines is 1. The van der Waals surface area contributed by atoms with Crippen molar-refractivity contribution in [2.24, 2.45) is 0 Å². The van der Waals surface area contributed by atoms with Gasteiger partial charge in [0, 0.05) is 5.69 Å². The lowest BCUT2D eigenvalue weighted by Gasteiger charge is -2.06. The zero-order valence-corrected chi connectivity index (χ0v) is 15.1. The van der Waals surface area contributed by atoms with Crippen LogP contribution in [0.5, 0.6) is 0 Å². The number of furan rings is 1. The SMILES string of the molecule is COC(=O)c1ccc(COC(=O)c2ccc(NC(=O)c3cccs3)cc2)o1. The van der Waals surface area contributed by atoms with Crippen molar-refractivity contribution < 1.29 is 28.3 Å². The lowest BCUT2D eigenvalue weighted by molar-refractivity contribution is 0.0438. The molecule has 3 aromatic rings. The average molecular weight is 385 g/mol. The molecule has 0 unspecified atom stereocenters.